The number of carbonyl (C=O) groups excluding carboxylic acids is 2. The molecular formula is C18H19ClN2O3. The summed E-state index contributed by atoms with van der Waals surface area (Å²) < 4.78 is 5.08. The minimum absolute atomic E-state index is 0.177. The lowest BCUT2D eigenvalue weighted by atomic mass is 10.1. The van der Waals surface area contributed by atoms with E-state index < -0.39 is 0 Å². The molecule has 2 rings (SSSR count). The van der Waals surface area contributed by atoms with E-state index in [1.165, 1.54) is 0 Å². The van der Waals surface area contributed by atoms with E-state index in [1.54, 1.807) is 31.4 Å². The second kappa shape index (κ2) is 8.93. The Balaban J connectivity index is 1.70. The molecule has 0 aliphatic rings. The monoisotopic (exact) mass is 346 g/mol. The van der Waals surface area contributed by atoms with Crippen molar-refractivity contribution in [3.05, 3.63) is 64.7 Å². The van der Waals surface area contributed by atoms with Gasteiger partial charge in [0.05, 0.1) is 13.5 Å². The Morgan fingerprint density at radius 3 is 2.12 bits per heavy atom. The first-order chi connectivity index (χ1) is 11.6. The van der Waals surface area contributed by atoms with Crippen molar-refractivity contribution in [1.29, 1.82) is 0 Å². The zero-order valence-corrected chi connectivity index (χ0v) is 14.1. The highest BCUT2D eigenvalue weighted by molar-refractivity contribution is 6.30. The van der Waals surface area contributed by atoms with Crippen molar-refractivity contribution < 1.29 is 14.3 Å². The van der Waals surface area contributed by atoms with Crippen LogP contribution in [-0.4, -0.2) is 18.9 Å². The van der Waals surface area contributed by atoms with Crippen LogP contribution in [0.4, 0.5) is 0 Å². The van der Waals surface area contributed by atoms with Gasteiger partial charge in [-0.15, -0.1) is 0 Å². The maximum atomic E-state index is 11.8. The molecule has 2 amide bonds. The normalized spacial score (nSPS) is 10.1. The fourth-order valence-electron chi connectivity index (χ4n) is 2.08. The topological polar surface area (TPSA) is 67.4 Å². The molecule has 0 aliphatic heterocycles. The first-order valence-corrected chi connectivity index (χ1v) is 7.89. The largest absolute Gasteiger partial charge is 0.497 e. The number of benzene rings is 2. The molecule has 24 heavy (non-hydrogen) atoms. The highest BCUT2D eigenvalue weighted by Gasteiger charge is 2.06. The molecule has 0 atom stereocenters. The number of methoxy groups -OCH3 is 1. The Morgan fingerprint density at radius 1 is 0.917 bits per heavy atom. The second-order valence-electron chi connectivity index (χ2n) is 5.25. The van der Waals surface area contributed by atoms with Crippen molar-refractivity contribution in [1.82, 2.24) is 10.9 Å². The minimum Gasteiger partial charge on any atom is -0.497 e. The summed E-state index contributed by atoms with van der Waals surface area (Å²) in [6.45, 7) is 0. The van der Waals surface area contributed by atoms with Gasteiger partial charge in [0.1, 0.15) is 5.75 Å². The predicted octanol–water partition coefficient (Wildman–Crippen LogP) is 2.67. The highest BCUT2D eigenvalue weighted by Crippen LogP contribution is 2.12. The van der Waals surface area contributed by atoms with Crippen LogP contribution >= 0.6 is 11.6 Å². The Morgan fingerprint density at radius 2 is 1.50 bits per heavy atom. The molecule has 2 aromatic carbocycles. The van der Waals surface area contributed by atoms with E-state index in [0.29, 0.717) is 11.4 Å². The van der Waals surface area contributed by atoms with Crippen LogP contribution in [0.5, 0.6) is 5.75 Å². The van der Waals surface area contributed by atoms with E-state index in [9.17, 15) is 9.59 Å². The number of aryl methyl sites for hydroxylation is 1. The SMILES string of the molecule is COc1ccc(CCC(=O)NNC(=O)Cc2ccc(Cl)cc2)cc1. The third-order valence-corrected chi connectivity index (χ3v) is 3.67. The van der Waals surface area contributed by atoms with E-state index in [1.807, 2.05) is 24.3 Å². The summed E-state index contributed by atoms with van der Waals surface area (Å²) in [6.07, 6.45) is 1.05. The number of ether oxygens (including phenoxy) is 1. The Bertz CT molecular complexity index is 684. The van der Waals surface area contributed by atoms with E-state index in [4.69, 9.17) is 16.3 Å². The van der Waals surface area contributed by atoms with Gasteiger partial charge >= 0.3 is 0 Å². The van der Waals surface area contributed by atoms with Crippen LogP contribution in [0.3, 0.4) is 0 Å². The molecule has 0 bridgehead atoms. The molecule has 0 saturated carbocycles. The van der Waals surface area contributed by atoms with Crippen LogP contribution in [0.15, 0.2) is 48.5 Å². The smallest absolute Gasteiger partial charge is 0.242 e. The average Bonchev–Trinajstić information content (AvgIpc) is 2.60. The molecular weight excluding hydrogens is 328 g/mol. The molecule has 6 heteroatoms. The average molecular weight is 347 g/mol. The fraction of sp³-hybridized carbons (Fsp3) is 0.222. The first-order valence-electron chi connectivity index (χ1n) is 7.52. The van der Waals surface area contributed by atoms with Gasteiger partial charge in [0, 0.05) is 11.4 Å². The van der Waals surface area contributed by atoms with Gasteiger partial charge in [0.2, 0.25) is 11.8 Å². The van der Waals surface area contributed by atoms with Gasteiger partial charge in [-0.3, -0.25) is 20.4 Å². The lowest BCUT2D eigenvalue weighted by molar-refractivity contribution is -0.128. The van der Waals surface area contributed by atoms with Crippen LogP contribution in [0.25, 0.3) is 0 Å². The zero-order valence-electron chi connectivity index (χ0n) is 13.3. The van der Waals surface area contributed by atoms with Crippen LogP contribution < -0.4 is 15.6 Å². The molecule has 0 aromatic heterocycles. The summed E-state index contributed by atoms with van der Waals surface area (Å²) in [5.74, 6) is 0.253. The molecule has 0 unspecified atom stereocenters. The number of rotatable bonds is 6. The molecule has 0 heterocycles. The maximum absolute atomic E-state index is 11.8. The van der Waals surface area contributed by atoms with Crippen molar-refractivity contribution >= 4 is 23.4 Å². The van der Waals surface area contributed by atoms with Crippen molar-refractivity contribution in [2.45, 2.75) is 19.3 Å². The quantitative estimate of drug-likeness (QED) is 0.790. The Hall–Kier alpha value is -2.53. The highest BCUT2D eigenvalue weighted by atomic mass is 35.5. The number of hydrogen-bond donors (Lipinski definition) is 2. The van der Waals surface area contributed by atoms with Gasteiger partial charge in [0.15, 0.2) is 0 Å². The van der Waals surface area contributed by atoms with Crippen LogP contribution in [0.2, 0.25) is 5.02 Å². The summed E-state index contributed by atoms with van der Waals surface area (Å²) in [7, 11) is 1.61. The Kier molecular flexibility index (Phi) is 6.63. The molecule has 2 aromatic rings. The van der Waals surface area contributed by atoms with Crippen molar-refractivity contribution in [3.8, 4) is 5.75 Å². The molecule has 126 valence electrons. The van der Waals surface area contributed by atoms with Gasteiger partial charge in [-0.1, -0.05) is 35.9 Å². The number of hydrazine groups is 1. The lowest BCUT2D eigenvalue weighted by Gasteiger charge is -2.08. The van der Waals surface area contributed by atoms with E-state index in [2.05, 4.69) is 10.9 Å². The number of halogens is 1. The minimum atomic E-state index is -0.282. The number of amides is 2. The molecule has 0 fully saturated rings. The Labute approximate surface area is 145 Å². The van der Waals surface area contributed by atoms with Crippen molar-refractivity contribution in [3.63, 3.8) is 0 Å². The molecule has 0 saturated heterocycles. The maximum Gasteiger partial charge on any atom is 0.242 e. The number of nitrogens with one attached hydrogen (secondary N) is 2. The van der Waals surface area contributed by atoms with Crippen LogP contribution in [0, 0.1) is 0 Å². The van der Waals surface area contributed by atoms with E-state index in [0.717, 1.165) is 16.9 Å². The van der Waals surface area contributed by atoms with Gasteiger partial charge in [-0.2, -0.15) is 0 Å². The summed E-state index contributed by atoms with van der Waals surface area (Å²) in [5, 5.41) is 0.617. The van der Waals surface area contributed by atoms with Gasteiger partial charge in [-0.25, -0.2) is 0 Å². The second-order valence-corrected chi connectivity index (χ2v) is 5.68. The molecule has 5 nitrogen and oxygen atoms in total. The van der Waals surface area contributed by atoms with E-state index in [-0.39, 0.29) is 24.7 Å². The summed E-state index contributed by atoms with van der Waals surface area (Å²) in [6, 6.07) is 14.5. The lowest BCUT2D eigenvalue weighted by Crippen LogP contribution is -2.42. The summed E-state index contributed by atoms with van der Waals surface area (Å²) in [5.41, 5.74) is 6.68. The van der Waals surface area contributed by atoms with Crippen molar-refractivity contribution in [2.75, 3.05) is 7.11 Å². The summed E-state index contributed by atoms with van der Waals surface area (Å²) >= 11 is 5.79. The molecule has 0 aliphatic carbocycles. The third kappa shape index (κ3) is 5.93. The van der Waals surface area contributed by atoms with Crippen LogP contribution in [0.1, 0.15) is 17.5 Å². The van der Waals surface area contributed by atoms with E-state index >= 15 is 0 Å². The standard InChI is InChI=1S/C18H19ClN2O3/c1-24-16-9-4-13(5-10-16)6-11-17(22)20-21-18(23)12-14-2-7-15(19)8-3-14/h2-5,7-10H,6,11-12H2,1H3,(H,20,22)(H,21,23). The molecule has 2 N–H and O–H groups in total. The van der Waals surface area contributed by atoms with Crippen LogP contribution in [-0.2, 0) is 22.4 Å². The fourth-order valence-corrected chi connectivity index (χ4v) is 2.21. The number of hydrogen-bond acceptors (Lipinski definition) is 3. The van der Waals surface area contributed by atoms with Crippen molar-refractivity contribution in [2.24, 2.45) is 0 Å². The number of carbonyl (C=O) groups is 2. The summed E-state index contributed by atoms with van der Waals surface area (Å²) in [4.78, 5) is 23.5. The van der Waals surface area contributed by atoms with Gasteiger partial charge in [0.25, 0.3) is 0 Å². The first kappa shape index (κ1) is 17.8. The molecule has 0 radical (unpaired) electrons. The predicted molar refractivity (Wildman–Crippen MR) is 92.8 cm³/mol. The molecule has 0 spiro atoms. The third-order valence-electron chi connectivity index (χ3n) is 3.42. The zero-order chi connectivity index (χ0) is 17.4. The van der Waals surface area contributed by atoms with Gasteiger partial charge < -0.3 is 4.74 Å². The van der Waals surface area contributed by atoms with Gasteiger partial charge in [-0.05, 0) is 41.8 Å².